The number of thiophene rings is 1. The number of nitrogens with zero attached hydrogens (tertiary/aromatic N) is 4. The summed E-state index contributed by atoms with van der Waals surface area (Å²) in [5.41, 5.74) is 2.34. The minimum Gasteiger partial charge on any atom is -0.338 e. The van der Waals surface area contributed by atoms with Crippen LogP contribution in [0.5, 0.6) is 0 Å². The van der Waals surface area contributed by atoms with Crippen LogP contribution in [0.2, 0.25) is 0 Å². The van der Waals surface area contributed by atoms with E-state index >= 15 is 0 Å². The number of aromatic nitrogens is 2. The molecule has 0 bridgehead atoms. The maximum atomic E-state index is 13.1. The first-order valence-electron chi connectivity index (χ1n) is 10.5. The van der Waals surface area contributed by atoms with E-state index in [1.54, 1.807) is 12.4 Å². The highest BCUT2D eigenvalue weighted by atomic mass is 32.1. The number of rotatable bonds is 6. The Hall–Kier alpha value is -3.06. The van der Waals surface area contributed by atoms with E-state index in [9.17, 15) is 9.59 Å². The molecule has 3 aromatic rings. The van der Waals surface area contributed by atoms with Gasteiger partial charge in [-0.05, 0) is 42.2 Å². The largest absolute Gasteiger partial charge is 0.338 e. The van der Waals surface area contributed by atoms with E-state index in [2.05, 4.69) is 22.1 Å². The van der Waals surface area contributed by atoms with Gasteiger partial charge in [-0.15, -0.1) is 0 Å². The summed E-state index contributed by atoms with van der Waals surface area (Å²) >= 11 is 1.54. The second-order valence-electron chi connectivity index (χ2n) is 7.91. The summed E-state index contributed by atoms with van der Waals surface area (Å²) in [6.45, 7) is 1.32. The molecule has 2 aromatic heterocycles. The van der Waals surface area contributed by atoms with Crippen molar-refractivity contribution in [3.63, 3.8) is 0 Å². The first-order chi connectivity index (χ1) is 15.1. The van der Waals surface area contributed by atoms with Crippen molar-refractivity contribution < 1.29 is 9.59 Å². The SMILES string of the molecule is CN(C(=O)c1ccsc1)[C@@H](Cc1ccccc1)C1CCN(C(=O)c2cnccn2)CC1. The van der Waals surface area contributed by atoms with Crippen LogP contribution in [0.1, 0.15) is 39.3 Å². The van der Waals surface area contributed by atoms with Crippen LogP contribution in [0.3, 0.4) is 0 Å². The Morgan fingerprint density at radius 2 is 1.94 bits per heavy atom. The number of amides is 2. The summed E-state index contributed by atoms with van der Waals surface area (Å²) < 4.78 is 0. The lowest BCUT2D eigenvalue weighted by atomic mass is 9.84. The van der Waals surface area contributed by atoms with Gasteiger partial charge in [0, 0.05) is 44.0 Å². The molecule has 0 radical (unpaired) electrons. The van der Waals surface area contributed by atoms with Crippen molar-refractivity contribution in [2.45, 2.75) is 25.3 Å². The van der Waals surface area contributed by atoms with E-state index < -0.39 is 0 Å². The molecule has 1 aliphatic rings. The van der Waals surface area contributed by atoms with Crippen LogP contribution in [-0.2, 0) is 6.42 Å². The molecule has 0 aliphatic carbocycles. The average Bonchev–Trinajstić information content (AvgIpc) is 3.38. The van der Waals surface area contributed by atoms with Crippen molar-refractivity contribution in [1.82, 2.24) is 19.8 Å². The Morgan fingerprint density at radius 1 is 1.16 bits per heavy atom. The van der Waals surface area contributed by atoms with Crippen LogP contribution in [-0.4, -0.2) is 57.8 Å². The van der Waals surface area contributed by atoms with Crippen molar-refractivity contribution in [3.05, 3.63) is 82.6 Å². The summed E-state index contributed by atoms with van der Waals surface area (Å²) in [4.78, 5) is 37.7. The van der Waals surface area contributed by atoms with Crippen molar-refractivity contribution in [3.8, 4) is 0 Å². The third kappa shape index (κ3) is 4.99. The van der Waals surface area contributed by atoms with Crippen LogP contribution in [0.25, 0.3) is 0 Å². The van der Waals surface area contributed by atoms with E-state index in [4.69, 9.17) is 0 Å². The number of hydrogen-bond acceptors (Lipinski definition) is 5. The molecular formula is C24H26N4O2S. The molecule has 0 spiro atoms. The van der Waals surface area contributed by atoms with Crippen molar-refractivity contribution in [2.75, 3.05) is 20.1 Å². The van der Waals surface area contributed by atoms with Crippen LogP contribution in [0.15, 0.2) is 65.7 Å². The smallest absolute Gasteiger partial charge is 0.274 e. The molecule has 4 rings (SSSR count). The maximum Gasteiger partial charge on any atom is 0.274 e. The molecule has 1 aromatic carbocycles. The fourth-order valence-corrected chi connectivity index (χ4v) is 4.90. The quantitative estimate of drug-likeness (QED) is 0.592. The topological polar surface area (TPSA) is 66.4 Å². The lowest BCUT2D eigenvalue weighted by molar-refractivity contribution is 0.0520. The van der Waals surface area contributed by atoms with Gasteiger partial charge >= 0.3 is 0 Å². The van der Waals surface area contributed by atoms with Crippen LogP contribution < -0.4 is 0 Å². The number of piperidine rings is 1. The summed E-state index contributed by atoms with van der Waals surface area (Å²) in [5.74, 6) is 0.299. The highest BCUT2D eigenvalue weighted by Crippen LogP contribution is 2.28. The zero-order valence-corrected chi connectivity index (χ0v) is 18.4. The molecule has 0 N–H and O–H groups in total. The molecule has 3 heterocycles. The van der Waals surface area contributed by atoms with E-state index in [0.717, 1.165) is 24.8 Å². The predicted molar refractivity (Wildman–Crippen MR) is 121 cm³/mol. The molecule has 0 saturated carbocycles. The van der Waals surface area contributed by atoms with Gasteiger partial charge in [0.25, 0.3) is 11.8 Å². The lowest BCUT2D eigenvalue weighted by Gasteiger charge is -2.40. The Morgan fingerprint density at radius 3 is 2.58 bits per heavy atom. The molecular weight excluding hydrogens is 408 g/mol. The summed E-state index contributed by atoms with van der Waals surface area (Å²) in [6, 6.07) is 12.3. The van der Waals surface area contributed by atoms with Gasteiger partial charge in [0.15, 0.2) is 0 Å². The number of carbonyl (C=O) groups excluding carboxylic acids is 2. The molecule has 7 heteroatoms. The fourth-order valence-electron chi connectivity index (χ4n) is 4.27. The number of likely N-dealkylation sites (N-methyl/N-ethyl adjacent to an activating group) is 1. The minimum atomic E-state index is -0.0751. The first kappa shape index (κ1) is 21.2. The Labute approximate surface area is 186 Å². The second-order valence-corrected chi connectivity index (χ2v) is 8.69. The van der Waals surface area contributed by atoms with Gasteiger partial charge in [-0.3, -0.25) is 14.6 Å². The van der Waals surface area contributed by atoms with Gasteiger partial charge in [0.05, 0.1) is 11.8 Å². The number of hydrogen-bond donors (Lipinski definition) is 0. The monoisotopic (exact) mass is 434 g/mol. The highest BCUT2D eigenvalue weighted by molar-refractivity contribution is 7.08. The molecule has 0 unspecified atom stereocenters. The normalized spacial score (nSPS) is 15.5. The van der Waals surface area contributed by atoms with Gasteiger partial charge in [0.1, 0.15) is 5.69 Å². The molecule has 2 amide bonds. The van der Waals surface area contributed by atoms with E-state index in [0.29, 0.717) is 24.7 Å². The number of benzene rings is 1. The third-order valence-electron chi connectivity index (χ3n) is 6.03. The summed E-state index contributed by atoms with van der Waals surface area (Å²) in [5, 5.41) is 3.84. The Kier molecular flexibility index (Phi) is 6.72. The average molecular weight is 435 g/mol. The van der Waals surface area contributed by atoms with Gasteiger partial charge in [-0.1, -0.05) is 30.3 Å². The second kappa shape index (κ2) is 9.83. The minimum absolute atomic E-state index is 0.0558. The van der Waals surface area contributed by atoms with E-state index in [1.165, 1.54) is 23.1 Å². The fraction of sp³-hybridized carbons (Fsp3) is 0.333. The standard InChI is InChI=1S/C24H26N4O2S/c1-27(23(29)20-9-14-31-17-20)22(15-18-5-3-2-4-6-18)19-7-12-28(13-8-19)24(30)21-16-25-10-11-26-21/h2-6,9-11,14,16-17,19,22H,7-8,12-13,15H2,1H3/t22-/m0/s1. The molecule has 1 fully saturated rings. The highest BCUT2D eigenvalue weighted by Gasteiger charge is 2.33. The van der Waals surface area contributed by atoms with E-state index in [1.807, 2.05) is 51.9 Å². The maximum absolute atomic E-state index is 13.1. The molecule has 31 heavy (non-hydrogen) atoms. The Balaban J connectivity index is 1.48. The van der Waals surface area contributed by atoms with E-state index in [-0.39, 0.29) is 17.9 Å². The molecule has 160 valence electrons. The zero-order valence-electron chi connectivity index (χ0n) is 17.6. The van der Waals surface area contributed by atoms with Crippen molar-refractivity contribution in [2.24, 2.45) is 5.92 Å². The Bertz CT molecular complexity index is 987. The zero-order chi connectivity index (χ0) is 21.6. The van der Waals surface area contributed by atoms with Gasteiger partial charge in [0.2, 0.25) is 0 Å². The predicted octanol–water partition coefficient (Wildman–Crippen LogP) is 3.77. The third-order valence-corrected chi connectivity index (χ3v) is 6.71. The summed E-state index contributed by atoms with van der Waals surface area (Å²) in [7, 11) is 1.91. The molecule has 1 saturated heterocycles. The van der Waals surface area contributed by atoms with Crippen LogP contribution in [0, 0.1) is 5.92 Å². The molecule has 1 atom stereocenters. The lowest BCUT2D eigenvalue weighted by Crippen LogP contribution is -2.48. The van der Waals surface area contributed by atoms with Crippen LogP contribution in [0.4, 0.5) is 0 Å². The molecule has 6 nitrogen and oxygen atoms in total. The number of likely N-dealkylation sites (tertiary alicyclic amines) is 1. The number of carbonyl (C=O) groups is 2. The molecule has 1 aliphatic heterocycles. The van der Waals surface area contributed by atoms with Crippen molar-refractivity contribution in [1.29, 1.82) is 0 Å². The first-order valence-corrected chi connectivity index (χ1v) is 11.5. The summed E-state index contributed by atoms with van der Waals surface area (Å²) in [6.07, 6.45) is 7.13. The van der Waals surface area contributed by atoms with Gasteiger partial charge in [-0.2, -0.15) is 11.3 Å². The van der Waals surface area contributed by atoms with Gasteiger partial charge < -0.3 is 9.80 Å². The van der Waals surface area contributed by atoms with Gasteiger partial charge in [-0.25, -0.2) is 4.98 Å². The van der Waals surface area contributed by atoms with Crippen LogP contribution >= 0.6 is 11.3 Å². The van der Waals surface area contributed by atoms with Crippen molar-refractivity contribution >= 4 is 23.2 Å².